The molecule has 1 saturated heterocycles. The van der Waals surface area contributed by atoms with Crippen LogP contribution in [0.4, 0.5) is 0 Å². The summed E-state index contributed by atoms with van der Waals surface area (Å²) in [5, 5.41) is 8.71. The Morgan fingerprint density at radius 3 is 2.89 bits per heavy atom. The molecule has 0 radical (unpaired) electrons. The SMILES string of the molecule is Cc1ccc(C(=O)N2CCO[C@@H](CC(=O)O)C2)o1. The van der Waals surface area contributed by atoms with Crippen molar-refractivity contribution in [3.8, 4) is 0 Å². The fourth-order valence-electron chi connectivity index (χ4n) is 1.93. The van der Waals surface area contributed by atoms with Crippen LogP contribution in [0.25, 0.3) is 0 Å². The number of nitrogens with zero attached hydrogens (tertiary/aromatic N) is 1. The van der Waals surface area contributed by atoms with Crippen LogP contribution in [0.1, 0.15) is 22.7 Å². The highest BCUT2D eigenvalue weighted by Gasteiger charge is 2.27. The highest BCUT2D eigenvalue weighted by Crippen LogP contribution is 2.14. The fraction of sp³-hybridized carbons (Fsp3) is 0.500. The van der Waals surface area contributed by atoms with E-state index in [1.54, 1.807) is 24.0 Å². The minimum Gasteiger partial charge on any atom is -0.481 e. The van der Waals surface area contributed by atoms with Crippen molar-refractivity contribution in [2.24, 2.45) is 0 Å². The minimum absolute atomic E-state index is 0.0963. The minimum atomic E-state index is -0.928. The third-order valence-corrected chi connectivity index (χ3v) is 2.78. The van der Waals surface area contributed by atoms with Crippen LogP contribution in [-0.2, 0) is 9.53 Å². The van der Waals surface area contributed by atoms with Gasteiger partial charge in [0.05, 0.1) is 19.1 Å². The molecule has 0 aromatic carbocycles. The second-order valence-corrected chi connectivity index (χ2v) is 4.25. The predicted octanol–water partition coefficient (Wildman–Crippen LogP) is 0.904. The van der Waals surface area contributed by atoms with Crippen molar-refractivity contribution < 1.29 is 23.8 Å². The molecule has 2 rings (SSSR count). The van der Waals surface area contributed by atoms with Crippen molar-refractivity contribution in [1.29, 1.82) is 0 Å². The Kier molecular flexibility index (Phi) is 3.66. The molecule has 98 valence electrons. The summed E-state index contributed by atoms with van der Waals surface area (Å²) in [6.45, 7) is 2.85. The topological polar surface area (TPSA) is 80.0 Å². The molecular formula is C12H15NO5. The van der Waals surface area contributed by atoms with E-state index in [2.05, 4.69) is 0 Å². The Bertz CT molecular complexity index is 453. The first-order valence-electron chi connectivity index (χ1n) is 5.75. The van der Waals surface area contributed by atoms with Gasteiger partial charge < -0.3 is 19.2 Å². The molecular weight excluding hydrogens is 238 g/mol. The summed E-state index contributed by atoms with van der Waals surface area (Å²) in [6, 6.07) is 3.35. The van der Waals surface area contributed by atoms with Gasteiger partial charge in [0, 0.05) is 13.1 Å². The molecule has 1 N–H and O–H groups in total. The number of rotatable bonds is 3. The predicted molar refractivity (Wildman–Crippen MR) is 61.3 cm³/mol. The lowest BCUT2D eigenvalue weighted by molar-refractivity contribution is -0.141. The molecule has 1 aromatic heterocycles. The molecule has 0 saturated carbocycles. The monoisotopic (exact) mass is 253 g/mol. The first-order valence-corrected chi connectivity index (χ1v) is 5.75. The Morgan fingerprint density at radius 2 is 2.28 bits per heavy atom. The Morgan fingerprint density at radius 1 is 1.50 bits per heavy atom. The molecule has 1 aliphatic rings. The van der Waals surface area contributed by atoms with E-state index in [-0.39, 0.29) is 24.6 Å². The number of carboxylic acid groups (broad SMARTS) is 1. The van der Waals surface area contributed by atoms with Crippen LogP contribution in [0.3, 0.4) is 0 Å². The first kappa shape index (κ1) is 12.6. The number of carbonyl (C=O) groups excluding carboxylic acids is 1. The standard InChI is InChI=1S/C12H15NO5/c1-8-2-3-10(18-8)12(16)13-4-5-17-9(7-13)6-11(14)15/h2-3,9H,4-7H2,1H3,(H,14,15)/t9-/m0/s1. The first-order chi connectivity index (χ1) is 8.56. The zero-order valence-electron chi connectivity index (χ0n) is 10.1. The van der Waals surface area contributed by atoms with Gasteiger partial charge in [0.2, 0.25) is 0 Å². The highest BCUT2D eigenvalue weighted by atomic mass is 16.5. The molecule has 0 bridgehead atoms. The average molecular weight is 253 g/mol. The van der Waals surface area contributed by atoms with Gasteiger partial charge in [0.15, 0.2) is 5.76 Å². The van der Waals surface area contributed by atoms with E-state index in [0.29, 0.717) is 18.9 Å². The third kappa shape index (κ3) is 2.89. The quantitative estimate of drug-likeness (QED) is 0.865. The van der Waals surface area contributed by atoms with Gasteiger partial charge in [-0.1, -0.05) is 0 Å². The van der Waals surface area contributed by atoms with E-state index in [1.165, 1.54) is 0 Å². The second kappa shape index (κ2) is 5.22. The molecule has 1 fully saturated rings. The molecule has 6 heteroatoms. The summed E-state index contributed by atoms with van der Waals surface area (Å²) in [5.74, 6) is -0.192. The molecule has 2 heterocycles. The van der Waals surface area contributed by atoms with Crippen molar-refractivity contribution >= 4 is 11.9 Å². The number of hydrogen-bond donors (Lipinski definition) is 1. The molecule has 0 aliphatic carbocycles. The van der Waals surface area contributed by atoms with E-state index < -0.39 is 12.1 Å². The number of aliphatic carboxylic acids is 1. The average Bonchev–Trinajstić information content (AvgIpc) is 2.74. The van der Waals surface area contributed by atoms with Gasteiger partial charge in [-0.05, 0) is 19.1 Å². The largest absolute Gasteiger partial charge is 0.481 e. The van der Waals surface area contributed by atoms with Gasteiger partial charge in [-0.2, -0.15) is 0 Å². The van der Waals surface area contributed by atoms with Gasteiger partial charge in [-0.15, -0.1) is 0 Å². The fourth-order valence-corrected chi connectivity index (χ4v) is 1.93. The summed E-state index contributed by atoms with van der Waals surface area (Å²) < 4.78 is 10.6. The van der Waals surface area contributed by atoms with Crippen LogP contribution in [0.2, 0.25) is 0 Å². The molecule has 1 atom stereocenters. The molecule has 6 nitrogen and oxygen atoms in total. The second-order valence-electron chi connectivity index (χ2n) is 4.25. The van der Waals surface area contributed by atoms with E-state index in [0.717, 1.165) is 0 Å². The molecule has 1 aromatic rings. The summed E-state index contributed by atoms with van der Waals surface area (Å²) in [4.78, 5) is 24.3. The maximum absolute atomic E-state index is 12.1. The van der Waals surface area contributed by atoms with E-state index in [1.807, 2.05) is 0 Å². The normalized spacial score (nSPS) is 19.8. The lowest BCUT2D eigenvalue weighted by atomic mass is 10.2. The molecule has 1 aliphatic heterocycles. The van der Waals surface area contributed by atoms with Gasteiger partial charge >= 0.3 is 5.97 Å². The Hall–Kier alpha value is -1.82. The zero-order valence-corrected chi connectivity index (χ0v) is 10.1. The van der Waals surface area contributed by atoms with E-state index >= 15 is 0 Å². The molecule has 1 amide bonds. The summed E-state index contributed by atoms with van der Waals surface area (Å²) in [5.41, 5.74) is 0. The van der Waals surface area contributed by atoms with Crippen LogP contribution >= 0.6 is 0 Å². The zero-order chi connectivity index (χ0) is 13.1. The van der Waals surface area contributed by atoms with Crippen LogP contribution < -0.4 is 0 Å². The van der Waals surface area contributed by atoms with Crippen molar-refractivity contribution in [3.63, 3.8) is 0 Å². The molecule has 18 heavy (non-hydrogen) atoms. The maximum Gasteiger partial charge on any atom is 0.306 e. The number of amides is 1. The summed E-state index contributed by atoms with van der Waals surface area (Å²) in [7, 11) is 0. The molecule has 0 spiro atoms. The van der Waals surface area contributed by atoms with Crippen LogP contribution in [0.15, 0.2) is 16.5 Å². The number of furan rings is 1. The van der Waals surface area contributed by atoms with Crippen molar-refractivity contribution in [2.45, 2.75) is 19.4 Å². The van der Waals surface area contributed by atoms with Crippen molar-refractivity contribution in [3.05, 3.63) is 23.7 Å². The van der Waals surface area contributed by atoms with Crippen LogP contribution in [0, 0.1) is 6.92 Å². The lowest BCUT2D eigenvalue weighted by Gasteiger charge is -2.31. The lowest BCUT2D eigenvalue weighted by Crippen LogP contribution is -2.46. The van der Waals surface area contributed by atoms with Crippen molar-refractivity contribution in [1.82, 2.24) is 4.90 Å². The van der Waals surface area contributed by atoms with E-state index in [9.17, 15) is 9.59 Å². The summed E-state index contributed by atoms with van der Waals surface area (Å²) in [6.07, 6.45) is -0.544. The van der Waals surface area contributed by atoms with Crippen LogP contribution in [-0.4, -0.2) is 47.7 Å². The Labute approximate surface area is 104 Å². The van der Waals surface area contributed by atoms with Gasteiger partial charge in [-0.3, -0.25) is 9.59 Å². The smallest absolute Gasteiger partial charge is 0.306 e. The number of morpholine rings is 1. The number of aryl methyl sites for hydroxylation is 1. The number of hydrogen-bond acceptors (Lipinski definition) is 4. The third-order valence-electron chi connectivity index (χ3n) is 2.78. The van der Waals surface area contributed by atoms with Gasteiger partial charge in [0.25, 0.3) is 5.91 Å². The van der Waals surface area contributed by atoms with Gasteiger partial charge in [-0.25, -0.2) is 0 Å². The van der Waals surface area contributed by atoms with E-state index in [4.69, 9.17) is 14.3 Å². The maximum atomic E-state index is 12.1. The summed E-state index contributed by atoms with van der Waals surface area (Å²) >= 11 is 0. The highest BCUT2D eigenvalue weighted by molar-refractivity contribution is 5.91. The number of carboxylic acids is 1. The number of ether oxygens (including phenoxy) is 1. The molecule has 0 unspecified atom stereocenters. The van der Waals surface area contributed by atoms with Crippen molar-refractivity contribution in [2.75, 3.05) is 19.7 Å². The number of carbonyl (C=O) groups is 2. The van der Waals surface area contributed by atoms with Gasteiger partial charge in [0.1, 0.15) is 5.76 Å². The Balaban J connectivity index is 2.00. The van der Waals surface area contributed by atoms with Crippen LogP contribution in [0.5, 0.6) is 0 Å².